The van der Waals surface area contributed by atoms with Gasteiger partial charge in [-0.2, -0.15) is 5.10 Å². The topological polar surface area (TPSA) is 49.0 Å². The Bertz CT molecular complexity index is 312. The van der Waals surface area contributed by atoms with E-state index in [1.807, 2.05) is 11.1 Å². The lowest BCUT2D eigenvalue weighted by atomic mass is 10.2. The van der Waals surface area contributed by atoms with Crippen LogP contribution in [0.25, 0.3) is 0 Å². The van der Waals surface area contributed by atoms with Crippen molar-refractivity contribution in [1.82, 2.24) is 15.1 Å². The highest BCUT2D eigenvalue weighted by molar-refractivity contribution is 9.09. The van der Waals surface area contributed by atoms with E-state index in [9.17, 15) is 4.79 Å². The zero-order valence-electron chi connectivity index (χ0n) is 7.74. The fourth-order valence-corrected chi connectivity index (χ4v) is 2.24. The second-order valence-corrected chi connectivity index (χ2v) is 4.79. The lowest BCUT2D eigenvalue weighted by molar-refractivity contribution is -0.127. The molecule has 5 heteroatoms. The Morgan fingerprint density at radius 2 is 2.57 bits per heavy atom. The van der Waals surface area contributed by atoms with Gasteiger partial charge in [0.2, 0.25) is 5.91 Å². The zero-order valence-corrected chi connectivity index (χ0v) is 9.33. The number of likely N-dealkylation sites (tertiary alicyclic amines) is 1. The first-order chi connectivity index (χ1) is 6.75. The molecule has 2 heterocycles. The zero-order chi connectivity index (χ0) is 9.97. The first-order valence-corrected chi connectivity index (χ1v) is 5.57. The Labute approximate surface area is 90.8 Å². The number of hydrogen-bond donors (Lipinski definition) is 1. The predicted octanol–water partition coefficient (Wildman–Crippen LogP) is 0.948. The van der Waals surface area contributed by atoms with Crippen LogP contribution in [0.5, 0.6) is 0 Å². The van der Waals surface area contributed by atoms with Crippen LogP contribution in [-0.4, -0.2) is 38.9 Å². The van der Waals surface area contributed by atoms with Gasteiger partial charge in [0.15, 0.2) is 0 Å². The molecular weight excluding hydrogens is 246 g/mol. The Hall–Kier alpha value is -0.840. The SMILES string of the molecule is O=C1CC(Br)CN1CCc1cn[nH]c1. The summed E-state index contributed by atoms with van der Waals surface area (Å²) >= 11 is 3.46. The van der Waals surface area contributed by atoms with Gasteiger partial charge < -0.3 is 4.90 Å². The van der Waals surface area contributed by atoms with Crippen LogP contribution in [0.15, 0.2) is 12.4 Å². The molecule has 1 unspecified atom stereocenters. The summed E-state index contributed by atoms with van der Waals surface area (Å²) in [6, 6.07) is 0. The molecule has 0 aliphatic carbocycles. The molecule has 76 valence electrons. The third kappa shape index (κ3) is 2.15. The smallest absolute Gasteiger partial charge is 0.223 e. The van der Waals surface area contributed by atoms with Gasteiger partial charge in [-0.3, -0.25) is 9.89 Å². The van der Waals surface area contributed by atoms with E-state index < -0.39 is 0 Å². The van der Waals surface area contributed by atoms with Gasteiger partial charge in [0.25, 0.3) is 0 Å². The lowest BCUT2D eigenvalue weighted by Crippen LogP contribution is -2.27. The molecule has 4 nitrogen and oxygen atoms in total. The second kappa shape index (κ2) is 4.13. The quantitative estimate of drug-likeness (QED) is 0.820. The number of halogens is 1. The number of aromatic nitrogens is 2. The molecule has 1 fully saturated rings. The number of amides is 1. The molecule has 1 N–H and O–H groups in total. The van der Waals surface area contributed by atoms with Crippen LogP contribution >= 0.6 is 15.9 Å². The van der Waals surface area contributed by atoms with Gasteiger partial charge in [-0.25, -0.2) is 0 Å². The van der Waals surface area contributed by atoms with E-state index in [1.54, 1.807) is 6.20 Å². The molecule has 0 bridgehead atoms. The highest BCUT2D eigenvalue weighted by Gasteiger charge is 2.26. The summed E-state index contributed by atoms with van der Waals surface area (Å²) in [7, 11) is 0. The van der Waals surface area contributed by atoms with Crippen molar-refractivity contribution < 1.29 is 4.79 Å². The Balaban J connectivity index is 1.84. The van der Waals surface area contributed by atoms with Crippen LogP contribution in [-0.2, 0) is 11.2 Å². The van der Waals surface area contributed by atoms with Crippen LogP contribution in [0.2, 0.25) is 0 Å². The average molecular weight is 258 g/mol. The number of carbonyl (C=O) groups excluding carboxylic acids is 1. The number of hydrogen-bond acceptors (Lipinski definition) is 2. The maximum atomic E-state index is 11.4. The highest BCUT2D eigenvalue weighted by atomic mass is 79.9. The van der Waals surface area contributed by atoms with E-state index in [2.05, 4.69) is 26.1 Å². The summed E-state index contributed by atoms with van der Waals surface area (Å²) in [6.07, 6.45) is 5.17. The molecule has 1 saturated heterocycles. The summed E-state index contributed by atoms with van der Waals surface area (Å²) in [4.78, 5) is 13.6. The molecule has 0 saturated carbocycles. The average Bonchev–Trinajstić information content (AvgIpc) is 2.72. The number of rotatable bonds is 3. The minimum Gasteiger partial charge on any atom is -0.341 e. The normalized spacial score (nSPS) is 21.9. The van der Waals surface area contributed by atoms with Crippen molar-refractivity contribution in [1.29, 1.82) is 0 Å². The molecular formula is C9H12BrN3O. The Morgan fingerprint density at radius 1 is 1.71 bits per heavy atom. The molecule has 1 atom stereocenters. The van der Waals surface area contributed by atoms with Gasteiger partial charge in [0, 0.05) is 30.5 Å². The standard InChI is InChI=1S/C9H12BrN3O/c10-8-3-9(14)13(6-8)2-1-7-4-11-12-5-7/h4-5,8H,1-3,6H2,(H,11,12). The largest absolute Gasteiger partial charge is 0.341 e. The summed E-state index contributed by atoms with van der Waals surface area (Å²) in [5, 5.41) is 6.63. The third-order valence-corrected chi connectivity index (χ3v) is 3.01. The van der Waals surface area contributed by atoms with E-state index in [-0.39, 0.29) is 5.91 Å². The number of aromatic amines is 1. The van der Waals surface area contributed by atoms with Gasteiger partial charge in [-0.15, -0.1) is 0 Å². The van der Waals surface area contributed by atoms with E-state index in [0.717, 1.165) is 25.1 Å². The summed E-state index contributed by atoms with van der Waals surface area (Å²) in [6.45, 7) is 1.62. The second-order valence-electron chi connectivity index (χ2n) is 3.50. The number of H-pyrrole nitrogens is 1. The Kier molecular flexibility index (Phi) is 2.86. The maximum absolute atomic E-state index is 11.4. The molecule has 2 rings (SSSR count). The minimum atomic E-state index is 0.246. The molecule has 1 aromatic rings. The van der Waals surface area contributed by atoms with Gasteiger partial charge in [-0.1, -0.05) is 15.9 Å². The number of nitrogens with zero attached hydrogens (tertiary/aromatic N) is 2. The maximum Gasteiger partial charge on any atom is 0.223 e. The van der Waals surface area contributed by atoms with Crippen molar-refractivity contribution in [3.05, 3.63) is 18.0 Å². The van der Waals surface area contributed by atoms with Gasteiger partial charge in [0.1, 0.15) is 0 Å². The van der Waals surface area contributed by atoms with E-state index in [4.69, 9.17) is 0 Å². The van der Waals surface area contributed by atoms with Crippen LogP contribution in [0.3, 0.4) is 0 Å². The summed E-state index contributed by atoms with van der Waals surface area (Å²) < 4.78 is 0. The van der Waals surface area contributed by atoms with Crippen LogP contribution in [0.4, 0.5) is 0 Å². The molecule has 1 aliphatic rings. The van der Waals surface area contributed by atoms with Crippen molar-refractivity contribution in [2.45, 2.75) is 17.7 Å². The number of nitrogens with one attached hydrogen (secondary N) is 1. The van der Waals surface area contributed by atoms with Crippen molar-refractivity contribution in [2.24, 2.45) is 0 Å². The molecule has 1 amide bonds. The fourth-order valence-electron chi connectivity index (χ4n) is 1.62. The molecule has 0 aromatic carbocycles. The summed E-state index contributed by atoms with van der Waals surface area (Å²) in [5.41, 5.74) is 1.15. The molecule has 0 spiro atoms. The van der Waals surface area contributed by atoms with Crippen molar-refractivity contribution in [2.75, 3.05) is 13.1 Å². The van der Waals surface area contributed by atoms with Gasteiger partial charge >= 0.3 is 0 Å². The van der Waals surface area contributed by atoms with Crippen molar-refractivity contribution >= 4 is 21.8 Å². The third-order valence-electron chi connectivity index (χ3n) is 2.39. The van der Waals surface area contributed by atoms with E-state index in [0.29, 0.717) is 11.2 Å². The number of carbonyl (C=O) groups is 1. The van der Waals surface area contributed by atoms with Crippen LogP contribution in [0, 0.1) is 0 Å². The van der Waals surface area contributed by atoms with Gasteiger partial charge in [-0.05, 0) is 12.0 Å². The van der Waals surface area contributed by atoms with Crippen molar-refractivity contribution in [3.8, 4) is 0 Å². The minimum absolute atomic E-state index is 0.246. The molecule has 1 aromatic heterocycles. The summed E-state index contributed by atoms with van der Waals surface area (Å²) in [5.74, 6) is 0.246. The van der Waals surface area contributed by atoms with E-state index >= 15 is 0 Å². The van der Waals surface area contributed by atoms with Crippen LogP contribution < -0.4 is 0 Å². The van der Waals surface area contributed by atoms with E-state index in [1.165, 1.54) is 0 Å². The molecule has 14 heavy (non-hydrogen) atoms. The lowest BCUT2D eigenvalue weighted by Gasteiger charge is -2.14. The molecule has 0 radical (unpaired) electrons. The fraction of sp³-hybridized carbons (Fsp3) is 0.556. The first kappa shape index (κ1) is 9.71. The molecule has 1 aliphatic heterocycles. The predicted molar refractivity (Wildman–Crippen MR) is 56.2 cm³/mol. The van der Waals surface area contributed by atoms with Crippen molar-refractivity contribution in [3.63, 3.8) is 0 Å². The monoisotopic (exact) mass is 257 g/mol. The van der Waals surface area contributed by atoms with Gasteiger partial charge in [0.05, 0.1) is 6.20 Å². The highest BCUT2D eigenvalue weighted by Crippen LogP contribution is 2.18. The first-order valence-electron chi connectivity index (χ1n) is 4.65. The number of alkyl halides is 1. The van der Waals surface area contributed by atoms with Crippen LogP contribution in [0.1, 0.15) is 12.0 Å². The Morgan fingerprint density at radius 3 is 3.14 bits per heavy atom.